The minimum Gasteiger partial charge on any atom is -0.496 e. The molecule has 7 heteroatoms. The van der Waals surface area contributed by atoms with Gasteiger partial charge >= 0.3 is 0 Å². The SMILES string of the molecule is COc1cc(OC)c(CNC(=O)/C=C/c2ccc(Br)s2)c(OC)c1. The molecule has 5 nitrogen and oxygen atoms in total. The lowest BCUT2D eigenvalue weighted by Crippen LogP contribution is -2.21. The third kappa shape index (κ3) is 4.75. The second-order valence-corrected chi connectivity index (χ2v) is 7.20. The Balaban J connectivity index is 2.07. The summed E-state index contributed by atoms with van der Waals surface area (Å²) in [5, 5.41) is 2.83. The van der Waals surface area contributed by atoms with E-state index in [9.17, 15) is 4.79 Å². The van der Waals surface area contributed by atoms with Crippen LogP contribution >= 0.6 is 27.3 Å². The number of rotatable bonds is 7. The third-order valence-electron chi connectivity index (χ3n) is 3.25. The molecule has 2 rings (SSSR count). The molecule has 1 heterocycles. The molecule has 0 bridgehead atoms. The number of ether oxygens (including phenoxy) is 3. The topological polar surface area (TPSA) is 56.8 Å². The molecule has 0 radical (unpaired) electrons. The molecule has 24 heavy (non-hydrogen) atoms. The number of benzene rings is 1. The van der Waals surface area contributed by atoms with Crippen molar-refractivity contribution in [3.8, 4) is 17.2 Å². The molecule has 0 spiro atoms. The van der Waals surface area contributed by atoms with Gasteiger partial charge in [0, 0.05) is 23.1 Å². The molecular weight excluding hydrogens is 394 g/mol. The van der Waals surface area contributed by atoms with Gasteiger partial charge in [-0.2, -0.15) is 0 Å². The maximum atomic E-state index is 12.0. The summed E-state index contributed by atoms with van der Waals surface area (Å²) in [6.45, 7) is 0.285. The molecule has 1 aromatic heterocycles. The normalized spacial score (nSPS) is 10.7. The van der Waals surface area contributed by atoms with Gasteiger partial charge in [0.15, 0.2) is 0 Å². The highest BCUT2D eigenvalue weighted by molar-refractivity contribution is 9.11. The van der Waals surface area contributed by atoms with E-state index in [4.69, 9.17) is 14.2 Å². The molecule has 1 amide bonds. The Hall–Kier alpha value is -1.99. The third-order valence-corrected chi connectivity index (χ3v) is 4.84. The Morgan fingerprint density at radius 3 is 2.33 bits per heavy atom. The van der Waals surface area contributed by atoms with Crippen LogP contribution in [0.5, 0.6) is 17.2 Å². The van der Waals surface area contributed by atoms with E-state index in [1.54, 1.807) is 50.9 Å². The monoisotopic (exact) mass is 411 g/mol. The molecule has 1 aromatic carbocycles. The second-order valence-electron chi connectivity index (χ2n) is 4.70. The second kappa shape index (κ2) is 8.75. The van der Waals surface area contributed by atoms with E-state index >= 15 is 0 Å². The molecule has 2 aromatic rings. The van der Waals surface area contributed by atoms with Gasteiger partial charge in [0.2, 0.25) is 5.91 Å². The summed E-state index contributed by atoms with van der Waals surface area (Å²) in [5.41, 5.74) is 0.751. The Morgan fingerprint density at radius 1 is 1.17 bits per heavy atom. The quantitative estimate of drug-likeness (QED) is 0.702. The van der Waals surface area contributed by atoms with Crippen molar-refractivity contribution in [3.63, 3.8) is 0 Å². The zero-order chi connectivity index (χ0) is 17.5. The first-order valence-corrected chi connectivity index (χ1v) is 8.68. The van der Waals surface area contributed by atoms with Crippen LogP contribution in [0.3, 0.4) is 0 Å². The number of nitrogens with one attached hydrogen (secondary N) is 1. The first kappa shape index (κ1) is 18.4. The van der Waals surface area contributed by atoms with Gasteiger partial charge in [-0.25, -0.2) is 0 Å². The van der Waals surface area contributed by atoms with Crippen molar-refractivity contribution in [1.29, 1.82) is 0 Å². The van der Waals surface area contributed by atoms with Gasteiger partial charge in [0.05, 0.1) is 37.2 Å². The molecule has 0 saturated heterocycles. The fourth-order valence-electron chi connectivity index (χ4n) is 2.06. The van der Waals surface area contributed by atoms with Crippen molar-refractivity contribution >= 4 is 39.2 Å². The molecule has 0 saturated carbocycles. The number of amides is 1. The lowest BCUT2D eigenvalue weighted by Gasteiger charge is -2.15. The van der Waals surface area contributed by atoms with Crippen LogP contribution in [0.1, 0.15) is 10.4 Å². The Labute approximate surface area is 153 Å². The van der Waals surface area contributed by atoms with E-state index in [0.29, 0.717) is 17.2 Å². The molecular formula is C17H18BrNO4S. The highest BCUT2D eigenvalue weighted by atomic mass is 79.9. The van der Waals surface area contributed by atoms with Gasteiger partial charge in [0.1, 0.15) is 17.2 Å². The largest absolute Gasteiger partial charge is 0.496 e. The van der Waals surface area contributed by atoms with Gasteiger partial charge in [-0.05, 0) is 34.1 Å². The van der Waals surface area contributed by atoms with Crippen LogP contribution in [0.15, 0.2) is 34.1 Å². The van der Waals surface area contributed by atoms with Crippen LogP contribution in [-0.2, 0) is 11.3 Å². The Kier molecular flexibility index (Phi) is 6.69. The predicted molar refractivity (Wildman–Crippen MR) is 99.0 cm³/mol. The summed E-state index contributed by atoms with van der Waals surface area (Å²) in [5.74, 6) is 1.62. The zero-order valence-electron chi connectivity index (χ0n) is 13.6. The number of methoxy groups -OCH3 is 3. The van der Waals surface area contributed by atoms with Crippen molar-refractivity contribution < 1.29 is 19.0 Å². The number of carbonyl (C=O) groups excluding carboxylic acids is 1. The average molecular weight is 412 g/mol. The highest BCUT2D eigenvalue weighted by Crippen LogP contribution is 2.33. The van der Waals surface area contributed by atoms with Crippen molar-refractivity contribution in [2.45, 2.75) is 6.54 Å². The molecule has 0 fully saturated rings. The van der Waals surface area contributed by atoms with E-state index in [2.05, 4.69) is 21.2 Å². The van der Waals surface area contributed by atoms with Crippen molar-refractivity contribution in [3.05, 3.63) is 44.6 Å². The summed E-state index contributed by atoms with van der Waals surface area (Å²) in [4.78, 5) is 13.0. The number of hydrogen-bond acceptors (Lipinski definition) is 5. The molecule has 0 aliphatic heterocycles. The number of carbonyl (C=O) groups is 1. The van der Waals surface area contributed by atoms with E-state index in [1.165, 1.54) is 6.08 Å². The summed E-state index contributed by atoms with van der Waals surface area (Å²) in [6, 6.07) is 7.38. The molecule has 128 valence electrons. The van der Waals surface area contributed by atoms with Crippen molar-refractivity contribution in [2.24, 2.45) is 0 Å². The molecule has 0 atom stereocenters. The summed E-state index contributed by atoms with van der Waals surface area (Å²) in [7, 11) is 4.70. The van der Waals surface area contributed by atoms with Crippen LogP contribution < -0.4 is 19.5 Å². The fourth-order valence-corrected chi connectivity index (χ4v) is 3.39. The minimum atomic E-state index is -0.195. The lowest BCUT2D eigenvalue weighted by molar-refractivity contribution is -0.116. The smallest absolute Gasteiger partial charge is 0.244 e. The molecule has 1 N–H and O–H groups in total. The van der Waals surface area contributed by atoms with Gasteiger partial charge in [-0.1, -0.05) is 0 Å². The maximum Gasteiger partial charge on any atom is 0.244 e. The molecule has 0 unspecified atom stereocenters. The van der Waals surface area contributed by atoms with E-state index in [1.807, 2.05) is 12.1 Å². The standard InChI is InChI=1S/C17H18BrNO4S/c1-21-11-8-14(22-2)13(15(9-11)23-3)10-19-17(20)7-5-12-4-6-16(18)24-12/h4-9H,10H2,1-3H3,(H,19,20)/b7-5+. The van der Waals surface area contributed by atoms with Crippen LogP contribution in [0.25, 0.3) is 6.08 Å². The molecule has 0 aliphatic carbocycles. The zero-order valence-corrected chi connectivity index (χ0v) is 16.0. The van der Waals surface area contributed by atoms with E-state index in [0.717, 1.165) is 14.2 Å². The first-order valence-electron chi connectivity index (χ1n) is 7.07. The molecule has 0 aliphatic rings. The Bertz CT molecular complexity index is 717. The summed E-state index contributed by atoms with van der Waals surface area (Å²) >= 11 is 4.95. The lowest BCUT2D eigenvalue weighted by atomic mass is 10.1. The van der Waals surface area contributed by atoms with Gasteiger partial charge in [-0.3, -0.25) is 4.79 Å². The number of halogens is 1. The number of thiophene rings is 1. The highest BCUT2D eigenvalue weighted by Gasteiger charge is 2.13. The first-order chi connectivity index (χ1) is 11.6. The van der Waals surface area contributed by atoms with Gasteiger partial charge in [-0.15, -0.1) is 11.3 Å². The van der Waals surface area contributed by atoms with Crippen LogP contribution in [0.4, 0.5) is 0 Å². The van der Waals surface area contributed by atoms with Crippen LogP contribution in [0, 0.1) is 0 Å². The van der Waals surface area contributed by atoms with Gasteiger partial charge in [0.25, 0.3) is 0 Å². The van der Waals surface area contributed by atoms with E-state index < -0.39 is 0 Å². The summed E-state index contributed by atoms with van der Waals surface area (Å²) in [6.07, 6.45) is 3.27. The van der Waals surface area contributed by atoms with Crippen molar-refractivity contribution in [2.75, 3.05) is 21.3 Å². The summed E-state index contributed by atoms with van der Waals surface area (Å²) < 4.78 is 17.0. The average Bonchev–Trinajstić information content (AvgIpc) is 3.02. The predicted octanol–water partition coefficient (Wildman–Crippen LogP) is 3.87. The maximum absolute atomic E-state index is 12.0. The van der Waals surface area contributed by atoms with Gasteiger partial charge < -0.3 is 19.5 Å². The van der Waals surface area contributed by atoms with Crippen molar-refractivity contribution in [1.82, 2.24) is 5.32 Å². The fraction of sp³-hybridized carbons (Fsp3) is 0.235. The minimum absolute atomic E-state index is 0.195. The number of hydrogen-bond donors (Lipinski definition) is 1. The van der Waals surface area contributed by atoms with Crippen LogP contribution in [-0.4, -0.2) is 27.2 Å². The van der Waals surface area contributed by atoms with E-state index in [-0.39, 0.29) is 12.5 Å². The Morgan fingerprint density at radius 2 is 1.83 bits per heavy atom. The van der Waals surface area contributed by atoms with Crippen LogP contribution in [0.2, 0.25) is 0 Å².